The lowest BCUT2D eigenvalue weighted by Crippen LogP contribution is -2.51. The maximum absolute atomic E-state index is 13.2. The van der Waals surface area contributed by atoms with Crippen LogP contribution < -0.4 is 10.1 Å². The molecule has 0 aliphatic rings. The van der Waals surface area contributed by atoms with Gasteiger partial charge in [0.05, 0.1) is 0 Å². The molecule has 0 aliphatic heterocycles. The summed E-state index contributed by atoms with van der Waals surface area (Å²) in [6.07, 6.45) is 0.455. The summed E-state index contributed by atoms with van der Waals surface area (Å²) < 4.78 is 18.8. The molecule has 0 heterocycles. The van der Waals surface area contributed by atoms with Crippen LogP contribution in [0.5, 0.6) is 5.75 Å². The van der Waals surface area contributed by atoms with Gasteiger partial charge >= 0.3 is 0 Å². The van der Waals surface area contributed by atoms with Crippen molar-refractivity contribution in [2.75, 3.05) is 6.61 Å². The molecule has 0 unspecified atom stereocenters. The molecule has 0 aromatic heterocycles. The van der Waals surface area contributed by atoms with Crippen LogP contribution >= 0.6 is 0 Å². The van der Waals surface area contributed by atoms with Gasteiger partial charge in [0.25, 0.3) is 5.91 Å². The SMILES string of the molecule is CC[C@H](C(=O)NC(C)C)N(Cc1ccc(F)cc1)C(=O)COc1ccccc1. The van der Waals surface area contributed by atoms with Crippen molar-refractivity contribution in [1.82, 2.24) is 10.2 Å². The van der Waals surface area contributed by atoms with Crippen molar-refractivity contribution in [3.8, 4) is 5.75 Å². The highest BCUT2D eigenvalue weighted by atomic mass is 19.1. The summed E-state index contributed by atoms with van der Waals surface area (Å²) in [7, 11) is 0. The van der Waals surface area contributed by atoms with Gasteiger partial charge in [-0.25, -0.2) is 4.39 Å². The predicted octanol–water partition coefficient (Wildman–Crippen LogP) is 3.54. The highest BCUT2D eigenvalue weighted by Gasteiger charge is 2.29. The Balaban J connectivity index is 2.18. The number of hydrogen-bond acceptors (Lipinski definition) is 3. The normalized spacial score (nSPS) is 11.8. The Bertz CT molecular complexity index is 763. The van der Waals surface area contributed by atoms with E-state index in [4.69, 9.17) is 4.74 Å². The highest BCUT2D eigenvalue weighted by Crippen LogP contribution is 2.15. The van der Waals surface area contributed by atoms with Crippen molar-refractivity contribution in [2.24, 2.45) is 0 Å². The van der Waals surface area contributed by atoms with Gasteiger partial charge in [0.2, 0.25) is 5.91 Å². The molecule has 0 spiro atoms. The van der Waals surface area contributed by atoms with Crippen LogP contribution in [0.25, 0.3) is 0 Å². The van der Waals surface area contributed by atoms with Crippen LogP contribution in [-0.4, -0.2) is 35.4 Å². The summed E-state index contributed by atoms with van der Waals surface area (Å²) in [6.45, 7) is 5.61. The summed E-state index contributed by atoms with van der Waals surface area (Å²) in [5.41, 5.74) is 0.741. The lowest BCUT2D eigenvalue weighted by molar-refractivity contribution is -0.143. The number of rotatable bonds is 9. The fourth-order valence-corrected chi connectivity index (χ4v) is 2.83. The molecule has 0 radical (unpaired) electrons. The predicted molar refractivity (Wildman–Crippen MR) is 106 cm³/mol. The molecular weight excluding hydrogens is 359 g/mol. The molecule has 0 saturated heterocycles. The van der Waals surface area contributed by atoms with Crippen molar-refractivity contribution < 1.29 is 18.7 Å². The molecule has 1 atom stereocenters. The van der Waals surface area contributed by atoms with Gasteiger partial charge < -0.3 is 15.0 Å². The van der Waals surface area contributed by atoms with Crippen molar-refractivity contribution >= 4 is 11.8 Å². The number of carbonyl (C=O) groups excluding carboxylic acids is 2. The minimum atomic E-state index is -0.640. The third-order valence-corrected chi connectivity index (χ3v) is 4.19. The van der Waals surface area contributed by atoms with E-state index in [9.17, 15) is 14.0 Å². The first kappa shape index (κ1) is 21.4. The van der Waals surface area contributed by atoms with E-state index in [1.165, 1.54) is 17.0 Å². The second-order valence-electron chi connectivity index (χ2n) is 6.84. The largest absolute Gasteiger partial charge is 0.484 e. The zero-order chi connectivity index (χ0) is 20.5. The number of carbonyl (C=O) groups is 2. The molecule has 0 fully saturated rings. The molecule has 2 rings (SSSR count). The van der Waals surface area contributed by atoms with Crippen molar-refractivity contribution in [3.05, 3.63) is 66.0 Å². The maximum Gasteiger partial charge on any atom is 0.261 e. The Kier molecular flexibility index (Phi) is 7.99. The van der Waals surface area contributed by atoms with Gasteiger partial charge in [0, 0.05) is 12.6 Å². The van der Waals surface area contributed by atoms with Crippen LogP contribution in [0.4, 0.5) is 4.39 Å². The lowest BCUT2D eigenvalue weighted by Gasteiger charge is -2.31. The Morgan fingerprint density at radius 2 is 1.71 bits per heavy atom. The number of hydrogen-bond donors (Lipinski definition) is 1. The topological polar surface area (TPSA) is 58.6 Å². The van der Waals surface area contributed by atoms with E-state index >= 15 is 0 Å². The van der Waals surface area contributed by atoms with Gasteiger partial charge in [0.15, 0.2) is 6.61 Å². The maximum atomic E-state index is 13.2. The first-order valence-electron chi connectivity index (χ1n) is 9.42. The first-order valence-corrected chi connectivity index (χ1v) is 9.42. The highest BCUT2D eigenvalue weighted by molar-refractivity contribution is 5.88. The Labute approximate surface area is 165 Å². The van der Waals surface area contributed by atoms with Gasteiger partial charge in [-0.2, -0.15) is 0 Å². The number of benzene rings is 2. The van der Waals surface area contributed by atoms with Crippen LogP contribution in [0.2, 0.25) is 0 Å². The van der Waals surface area contributed by atoms with Gasteiger partial charge in [-0.1, -0.05) is 37.3 Å². The molecule has 150 valence electrons. The lowest BCUT2D eigenvalue weighted by atomic mass is 10.1. The zero-order valence-electron chi connectivity index (χ0n) is 16.5. The average Bonchev–Trinajstić information content (AvgIpc) is 2.67. The Morgan fingerprint density at radius 3 is 2.29 bits per heavy atom. The number of ether oxygens (including phenoxy) is 1. The zero-order valence-corrected chi connectivity index (χ0v) is 16.5. The summed E-state index contributed by atoms with van der Waals surface area (Å²) in [4.78, 5) is 27.1. The minimum Gasteiger partial charge on any atom is -0.484 e. The summed E-state index contributed by atoms with van der Waals surface area (Å²) in [6, 6.07) is 14.3. The first-order chi connectivity index (χ1) is 13.4. The number of nitrogens with one attached hydrogen (secondary N) is 1. The van der Waals surface area contributed by atoms with E-state index in [0.29, 0.717) is 12.2 Å². The molecular formula is C22H27FN2O3. The van der Waals surface area contributed by atoms with Gasteiger partial charge in [0.1, 0.15) is 17.6 Å². The van der Waals surface area contributed by atoms with E-state index in [2.05, 4.69) is 5.32 Å². The third kappa shape index (κ3) is 6.37. The van der Waals surface area contributed by atoms with Crippen molar-refractivity contribution in [3.63, 3.8) is 0 Å². The second-order valence-corrected chi connectivity index (χ2v) is 6.84. The van der Waals surface area contributed by atoms with E-state index in [0.717, 1.165) is 5.56 Å². The van der Waals surface area contributed by atoms with E-state index in [1.807, 2.05) is 39.0 Å². The number of halogens is 1. The number of amides is 2. The van der Waals surface area contributed by atoms with E-state index in [1.54, 1.807) is 24.3 Å². The Hall–Kier alpha value is -2.89. The number of para-hydroxylation sites is 1. The molecule has 2 aromatic rings. The monoisotopic (exact) mass is 386 g/mol. The fraction of sp³-hybridized carbons (Fsp3) is 0.364. The molecule has 1 N–H and O–H groups in total. The average molecular weight is 386 g/mol. The van der Waals surface area contributed by atoms with Gasteiger partial charge in [-0.05, 0) is 50.1 Å². The number of nitrogens with zero attached hydrogens (tertiary/aromatic N) is 1. The van der Waals surface area contributed by atoms with Gasteiger partial charge in [-0.15, -0.1) is 0 Å². The van der Waals surface area contributed by atoms with Crippen LogP contribution in [0.15, 0.2) is 54.6 Å². The molecule has 28 heavy (non-hydrogen) atoms. The van der Waals surface area contributed by atoms with E-state index < -0.39 is 6.04 Å². The second kappa shape index (κ2) is 10.4. The van der Waals surface area contributed by atoms with Crippen LogP contribution in [0, 0.1) is 5.82 Å². The van der Waals surface area contributed by atoms with Crippen LogP contribution in [0.1, 0.15) is 32.8 Å². The summed E-state index contributed by atoms with van der Waals surface area (Å²) in [5, 5.41) is 2.86. The standard InChI is InChI=1S/C22H27FN2O3/c1-4-20(22(27)24-16(2)3)25(14-17-10-12-18(23)13-11-17)21(26)15-28-19-8-6-5-7-9-19/h5-13,16,20H,4,14-15H2,1-3H3,(H,24,27)/t20-/m1/s1. The third-order valence-electron chi connectivity index (χ3n) is 4.19. The molecule has 6 heteroatoms. The summed E-state index contributed by atoms with van der Waals surface area (Å²) >= 11 is 0. The van der Waals surface area contributed by atoms with Crippen molar-refractivity contribution in [1.29, 1.82) is 0 Å². The van der Waals surface area contributed by atoms with Crippen LogP contribution in [0.3, 0.4) is 0 Å². The van der Waals surface area contributed by atoms with Crippen molar-refractivity contribution in [2.45, 2.75) is 45.8 Å². The molecule has 0 aliphatic carbocycles. The molecule has 5 nitrogen and oxygen atoms in total. The molecule has 0 bridgehead atoms. The summed E-state index contributed by atoms with van der Waals surface area (Å²) in [5.74, 6) is -0.289. The molecule has 2 amide bonds. The fourth-order valence-electron chi connectivity index (χ4n) is 2.83. The quantitative estimate of drug-likeness (QED) is 0.717. The van der Waals surface area contributed by atoms with Crippen LogP contribution in [-0.2, 0) is 16.1 Å². The smallest absolute Gasteiger partial charge is 0.261 e. The van der Waals surface area contributed by atoms with Gasteiger partial charge in [-0.3, -0.25) is 9.59 Å². The molecule has 2 aromatic carbocycles. The van der Waals surface area contributed by atoms with E-state index in [-0.39, 0.29) is 36.8 Å². The minimum absolute atomic E-state index is 0.0371. The Morgan fingerprint density at radius 1 is 1.07 bits per heavy atom. The molecule has 0 saturated carbocycles.